The minimum Gasteiger partial charge on any atom is -0.497 e. The van der Waals surface area contributed by atoms with Crippen LogP contribution in [0.2, 0.25) is 0 Å². The van der Waals surface area contributed by atoms with Crippen molar-refractivity contribution in [3.63, 3.8) is 0 Å². The van der Waals surface area contributed by atoms with Gasteiger partial charge in [0.05, 0.1) is 14.2 Å². The van der Waals surface area contributed by atoms with Crippen molar-refractivity contribution in [1.29, 1.82) is 0 Å². The Morgan fingerprint density at radius 1 is 0.800 bits per heavy atom. The van der Waals surface area contributed by atoms with Gasteiger partial charge in [-0.15, -0.1) is 0 Å². The lowest BCUT2D eigenvalue weighted by Crippen LogP contribution is -2.41. The first-order valence-corrected chi connectivity index (χ1v) is 7.55. The molecule has 2 rings (SSSR count). The van der Waals surface area contributed by atoms with Crippen LogP contribution < -0.4 is 25.2 Å². The number of methoxy groups -OCH3 is 2. The number of carbonyl (C=O) groups is 2. The number of hydrogen-bond acceptors (Lipinski definition) is 5. The molecule has 0 spiro atoms. The lowest BCUT2D eigenvalue weighted by molar-refractivity contribution is 0.0846. The van der Waals surface area contributed by atoms with Gasteiger partial charge >= 0.3 is 0 Å². The average molecular weight is 343 g/mol. The predicted molar refractivity (Wildman–Crippen MR) is 95.2 cm³/mol. The number of amides is 2. The van der Waals surface area contributed by atoms with Crippen LogP contribution in [0, 0.1) is 0 Å². The van der Waals surface area contributed by atoms with Crippen LogP contribution in [0.25, 0.3) is 0 Å². The maximum absolute atomic E-state index is 12.2. The Labute approximate surface area is 146 Å². The molecule has 0 saturated carbocycles. The minimum atomic E-state index is -0.476. The van der Waals surface area contributed by atoms with Gasteiger partial charge in [-0.3, -0.25) is 20.4 Å². The van der Waals surface area contributed by atoms with Crippen molar-refractivity contribution in [3.8, 4) is 11.5 Å². The molecule has 0 aliphatic carbocycles. The number of nitrogens with zero attached hydrogens (tertiary/aromatic N) is 1. The second-order valence-electron chi connectivity index (χ2n) is 5.45. The molecule has 0 atom stereocenters. The van der Waals surface area contributed by atoms with Gasteiger partial charge in [0.25, 0.3) is 11.8 Å². The average Bonchev–Trinajstić information content (AvgIpc) is 2.65. The third-order valence-electron chi connectivity index (χ3n) is 3.55. The monoisotopic (exact) mass is 343 g/mol. The normalized spacial score (nSPS) is 9.92. The van der Waals surface area contributed by atoms with E-state index in [0.717, 1.165) is 5.69 Å². The maximum Gasteiger partial charge on any atom is 0.269 e. The molecule has 0 aliphatic heterocycles. The van der Waals surface area contributed by atoms with Crippen molar-refractivity contribution < 1.29 is 19.1 Å². The van der Waals surface area contributed by atoms with E-state index in [9.17, 15) is 9.59 Å². The molecule has 0 aromatic heterocycles. The van der Waals surface area contributed by atoms with Gasteiger partial charge in [-0.05, 0) is 36.4 Å². The molecule has 0 unspecified atom stereocenters. The van der Waals surface area contributed by atoms with Crippen LogP contribution in [0.15, 0.2) is 42.5 Å². The molecule has 0 fully saturated rings. The Hall–Kier alpha value is -3.22. The van der Waals surface area contributed by atoms with E-state index in [2.05, 4.69) is 10.9 Å². The number of anilines is 1. The molecule has 2 aromatic rings. The first-order valence-electron chi connectivity index (χ1n) is 7.55. The van der Waals surface area contributed by atoms with E-state index in [0.29, 0.717) is 22.6 Å². The smallest absolute Gasteiger partial charge is 0.269 e. The molecular weight excluding hydrogens is 322 g/mol. The summed E-state index contributed by atoms with van der Waals surface area (Å²) in [6.07, 6.45) is 0. The summed E-state index contributed by atoms with van der Waals surface area (Å²) in [6.45, 7) is 0. The summed E-state index contributed by atoms with van der Waals surface area (Å²) >= 11 is 0. The first-order chi connectivity index (χ1) is 11.9. The van der Waals surface area contributed by atoms with E-state index in [1.165, 1.54) is 14.2 Å². The van der Waals surface area contributed by atoms with Crippen molar-refractivity contribution in [2.45, 2.75) is 0 Å². The number of hydrogen-bond donors (Lipinski definition) is 2. The molecule has 0 saturated heterocycles. The van der Waals surface area contributed by atoms with Crippen LogP contribution in [0.4, 0.5) is 5.69 Å². The maximum atomic E-state index is 12.2. The van der Waals surface area contributed by atoms with E-state index in [1.807, 2.05) is 31.1 Å². The van der Waals surface area contributed by atoms with Gasteiger partial charge in [-0.1, -0.05) is 0 Å². The van der Waals surface area contributed by atoms with E-state index < -0.39 is 11.8 Å². The highest BCUT2D eigenvalue weighted by molar-refractivity contribution is 5.99. The fourth-order valence-electron chi connectivity index (χ4n) is 2.11. The van der Waals surface area contributed by atoms with Gasteiger partial charge in [-0.2, -0.15) is 0 Å². The second-order valence-corrected chi connectivity index (χ2v) is 5.45. The van der Waals surface area contributed by atoms with Crippen LogP contribution in [0.3, 0.4) is 0 Å². The third kappa shape index (κ3) is 4.63. The van der Waals surface area contributed by atoms with Crippen molar-refractivity contribution in [3.05, 3.63) is 53.6 Å². The summed E-state index contributed by atoms with van der Waals surface area (Å²) in [5.74, 6) is 0.0779. The molecule has 7 nitrogen and oxygen atoms in total. The third-order valence-corrected chi connectivity index (χ3v) is 3.55. The zero-order chi connectivity index (χ0) is 18.4. The fourth-order valence-corrected chi connectivity index (χ4v) is 2.11. The molecule has 2 aromatic carbocycles. The van der Waals surface area contributed by atoms with Crippen LogP contribution >= 0.6 is 0 Å². The predicted octanol–water partition coefficient (Wildman–Crippen LogP) is 1.84. The Balaban J connectivity index is 2.02. The zero-order valence-corrected chi connectivity index (χ0v) is 14.6. The Bertz CT molecular complexity index is 735. The summed E-state index contributed by atoms with van der Waals surface area (Å²) in [7, 11) is 6.82. The molecular formula is C18H21N3O4. The van der Waals surface area contributed by atoms with Crippen LogP contribution in [0.5, 0.6) is 11.5 Å². The van der Waals surface area contributed by atoms with Gasteiger partial charge < -0.3 is 14.4 Å². The Morgan fingerprint density at radius 2 is 1.28 bits per heavy atom. The van der Waals surface area contributed by atoms with Crippen LogP contribution in [0.1, 0.15) is 20.7 Å². The lowest BCUT2D eigenvalue weighted by Gasteiger charge is -2.13. The van der Waals surface area contributed by atoms with Crippen molar-refractivity contribution in [1.82, 2.24) is 10.9 Å². The molecule has 0 heterocycles. The van der Waals surface area contributed by atoms with Crippen LogP contribution in [-0.4, -0.2) is 40.1 Å². The number of ether oxygens (including phenoxy) is 2. The number of rotatable bonds is 5. The van der Waals surface area contributed by atoms with Crippen molar-refractivity contribution in [2.75, 3.05) is 33.2 Å². The molecule has 0 radical (unpaired) electrons. The van der Waals surface area contributed by atoms with Crippen LogP contribution in [-0.2, 0) is 0 Å². The van der Waals surface area contributed by atoms with Gasteiger partial charge in [0.1, 0.15) is 11.5 Å². The SMILES string of the molecule is COc1cc(OC)cc(C(=O)NNC(=O)c2ccc(N(C)C)cc2)c1. The Kier molecular flexibility index (Phi) is 5.84. The summed E-state index contributed by atoms with van der Waals surface area (Å²) in [4.78, 5) is 26.3. The van der Waals surface area contributed by atoms with E-state index in [4.69, 9.17) is 9.47 Å². The standard InChI is InChI=1S/C18H21N3O4/c1-21(2)14-7-5-12(6-8-14)17(22)19-20-18(23)13-9-15(24-3)11-16(10-13)25-4/h5-11H,1-4H3,(H,19,22)(H,20,23). The molecule has 7 heteroatoms. The first kappa shape index (κ1) is 18.1. The molecule has 2 amide bonds. The summed E-state index contributed by atoms with van der Waals surface area (Å²) in [5, 5.41) is 0. The number of nitrogens with one attached hydrogen (secondary N) is 2. The van der Waals surface area contributed by atoms with Crippen molar-refractivity contribution >= 4 is 17.5 Å². The highest BCUT2D eigenvalue weighted by Crippen LogP contribution is 2.22. The van der Waals surface area contributed by atoms with Gasteiger partial charge in [0.2, 0.25) is 0 Å². The highest BCUT2D eigenvalue weighted by Gasteiger charge is 2.12. The van der Waals surface area contributed by atoms with E-state index in [1.54, 1.807) is 30.3 Å². The topological polar surface area (TPSA) is 79.9 Å². The number of benzene rings is 2. The van der Waals surface area contributed by atoms with Crippen molar-refractivity contribution in [2.24, 2.45) is 0 Å². The highest BCUT2D eigenvalue weighted by atomic mass is 16.5. The van der Waals surface area contributed by atoms with Gasteiger partial charge in [-0.25, -0.2) is 0 Å². The minimum absolute atomic E-state index is 0.305. The largest absolute Gasteiger partial charge is 0.497 e. The summed E-state index contributed by atoms with van der Waals surface area (Å²) in [6, 6.07) is 11.8. The quantitative estimate of drug-likeness (QED) is 0.810. The zero-order valence-electron chi connectivity index (χ0n) is 14.6. The molecule has 132 valence electrons. The molecule has 0 bridgehead atoms. The lowest BCUT2D eigenvalue weighted by atomic mass is 10.2. The van der Waals surface area contributed by atoms with Gasteiger partial charge in [0, 0.05) is 37.0 Å². The molecule has 25 heavy (non-hydrogen) atoms. The van der Waals surface area contributed by atoms with Gasteiger partial charge in [0.15, 0.2) is 0 Å². The summed E-state index contributed by atoms with van der Waals surface area (Å²) in [5.41, 5.74) is 6.48. The summed E-state index contributed by atoms with van der Waals surface area (Å²) < 4.78 is 10.2. The Morgan fingerprint density at radius 3 is 1.72 bits per heavy atom. The second kappa shape index (κ2) is 8.05. The van der Waals surface area contributed by atoms with E-state index in [-0.39, 0.29) is 0 Å². The fraction of sp³-hybridized carbons (Fsp3) is 0.222. The van der Waals surface area contributed by atoms with E-state index >= 15 is 0 Å². The molecule has 0 aliphatic rings. The molecule has 2 N–H and O–H groups in total. The number of hydrazine groups is 1. The number of carbonyl (C=O) groups excluding carboxylic acids is 2.